The number of rotatable bonds is 24. The predicted molar refractivity (Wildman–Crippen MR) is 180 cm³/mol. The monoisotopic (exact) mass is 701 g/mol. The van der Waals surface area contributed by atoms with Gasteiger partial charge >= 0.3 is 23.9 Å². The SMILES string of the molecule is COC(=O)CN(CC(=O)OC)c1ccccc1OCCOc1cc(OCCCCCCN=[N+]=[N-])c(C=O)cc1N(CC(=O)OC)CC(=O)OC. The smallest absolute Gasteiger partial charge is 0.325 e. The summed E-state index contributed by atoms with van der Waals surface area (Å²) in [5.74, 6) is -1.75. The van der Waals surface area contributed by atoms with Crippen LogP contribution in [0.3, 0.4) is 0 Å². The van der Waals surface area contributed by atoms with Crippen LogP contribution in [0.15, 0.2) is 41.5 Å². The van der Waals surface area contributed by atoms with E-state index in [2.05, 4.69) is 10.0 Å². The molecule has 0 aliphatic carbocycles. The van der Waals surface area contributed by atoms with Crippen molar-refractivity contribution in [1.82, 2.24) is 0 Å². The number of aldehydes is 1. The quantitative estimate of drug-likeness (QED) is 0.0292. The number of benzene rings is 2. The summed E-state index contributed by atoms with van der Waals surface area (Å²) in [4.78, 5) is 66.5. The average molecular weight is 702 g/mol. The number of azide groups is 1. The van der Waals surface area contributed by atoms with Crippen molar-refractivity contribution in [2.24, 2.45) is 5.11 Å². The summed E-state index contributed by atoms with van der Waals surface area (Å²) >= 11 is 0. The number of nitrogens with zero attached hydrogens (tertiary/aromatic N) is 5. The van der Waals surface area contributed by atoms with E-state index in [-0.39, 0.29) is 68.7 Å². The molecule has 0 heterocycles. The number of esters is 4. The molecule has 0 aromatic heterocycles. The van der Waals surface area contributed by atoms with Crippen molar-refractivity contribution in [2.75, 3.05) is 90.8 Å². The molecular weight excluding hydrogens is 658 g/mol. The highest BCUT2D eigenvalue weighted by Gasteiger charge is 2.23. The zero-order valence-electron chi connectivity index (χ0n) is 28.7. The normalized spacial score (nSPS) is 10.2. The van der Waals surface area contributed by atoms with Gasteiger partial charge in [0.1, 0.15) is 56.6 Å². The minimum absolute atomic E-state index is 0.0315. The largest absolute Gasteiger partial charge is 0.493 e. The number of hydrogen-bond acceptors (Lipinski definition) is 15. The van der Waals surface area contributed by atoms with Crippen LogP contribution in [0.1, 0.15) is 36.0 Å². The topological polar surface area (TPSA) is 205 Å². The molecule has 0 spiro atoms. The Morgan fingerprint density at radius 2 is 1.16 bits per heavy atom. The number of para-hydroxylation sites is 2. The Labute approximate surface area is 289 Å². The van der Waals surface area contributed by atoms with Gasteiger partial charge in [-0.25, -0.2) is 0 Å². The van der Waals surface area contributed by atoms with Gasteiger partial charge in [-0.3, -0.25) is 24.0 Å². The molecule has 0 saturated heterocycles. The third-order valence-electron chi connectivity index (χ3n) is 7.03. The van der Waals surface area contributed by atoms with E-state index in [1.807, 2.05) is 0 Å². The number of carbonyl (C=O) groups excluding carboxylic acids is 5. The summed E-state index contributed by atoms with van der Waals surface area (Å²) in [7, 11) is 4.87. The Morgan fingerprint density at radius 1 is 0.660 bits per heavy atom. The second kappa shape index (κ2) is 22.8. The molecule has 2 aromatic rings. The first-order valence-electron chi connectivity index (χ1n) is 15.6. The van der Waals surface area contributed by atoms with Crippen LogP contribution in [0.25, 0.3) is 10.4 Å². The lowest BCUT2D eigenvalue weighted by Gasteiger charge is -2.26. The van der Waals surface area contributed by atoms with Crippen LogP contribution in [0, 0.1) is 0 Å². The van der Waals surface area contributed by atoms with Crippen LogP contribution in [-0.2, 0) is 38.1 Å². The zero-order valence-corrected chi connectivity index (χ0v) is 28.7. The summed E-state index contributed by atoms with van der Waals surface area (Å²) in [6.45, 7) is -0.624. The summed E-state index contributed by atoms with van der Waals surface area (Å²) in [5, 5.41) is 3.52. The fraction of sp³-hybridized carbons (Fsp3) is 0.485. The summed E-state index contributed by atoms with van der Waals surface area (Å²) in [5.41, 5.74) is 9.20. The van der Waals surface area contributed by atoms with Gasteiger partial charge in [-0.2, -0.15) is 0 Å². The minimum atomic E-state index is -0.656. The van der Waals surface area contributed by atoms with E-state index in [0.29, 0.717) is 30.7 Å². The molecule has 272 valence electrons. The molecule has 0 unspecified atom stereocenters. The molecule has 17 heteroatoms. The fourth-order valence-corrected chi connectivity index (χ4v) is 4.49. The molecule has 0 aliphatic heterocycles. The number of hydrogen-bond donors (Lipinski definition) is 0. The number of unbranched alkanes of at least 4 members (excludes halogenated alkanes) is 3. The Kier molecular flexibility index (Phi) is 18.5. The average Bonchev–Trinajstić information content (AvgIpc) is 3.13. The van der Waals surface area contributed by atoms with E-state index in [1.54, 1.807) is 24.3 Å². The van der Waals surface area contributed by atoms with Crippen molar-refractivity contribution < 1.29 is 57.1 Å². The van der Waals surface area contributed by atoms with Gasteiger partial charge in [0.25, 0.3) is 0 Å². The van der Waals surface area contributed by atoms with Crippen molar-refractivity contribution in [3.63, 3.8) is 0 Å². The summed E-state index contributed by atoms with van der Waals surface area (Å²) < 4.78 is 37.2. The van der Waals surface area contributed by atoms with Crippen LogP contribution in [0.2, 0.25) is 0 Å². The molecule has 0 N–H and O–H groups in total. The van der Waals surface area contributed by atoms with Crippen molar-refractivity contribution in [2.45, 2.75) is 25.7 Å². The van der Waals surface area contributed by atoms with Gasteiger partial charge in [0.2, 0.25) is 0 Å². The minimum Gasteiger partial charge on any atom is -0.493 e. The first-order valence-corrected chi connectivity index (χ1v) is 15.6. The van der Waals surface area contributed by atoms with Gasteiger partial charge in [0, 0.05) is 17.5 Å². The van der Waals surface area contributed by atoms with Gasteiger partial charge in [-0.1, -0.05) is 30.1 Å². The van der Waals surface area contributed by atoms with E-state index in [9.17, 15) is 24.0 Å². The maximum absolute atomic E-state index is 12.3. The molecule has 2 aromatic carbocycles. The molecule has 0 atom stereocenters. The van der Waals surface area contributed by atoms with Crippen molar-refractivity contribution >= 4 is 41.5 Å². The van der Waals surface area contributed by atoms with Crippen molar-refractivity contribution in [3.8, 4) is 17.2 Å². The van der Waals surface area contributed by atoms with Crippen LogP contribution in [-0.4, -0.2) is 111 Å². The van der Waals surface area contributed by atoms with E-state index in [4.69, 9.17) is 38.7 Å². The Morgan fingerprint density at radius 3 is 1.70 bits per heavy atom. The van der Waals surface area contributed by atoms with Gasteiger partial charge in [-0.05, 0) is 36.6 Å². The van der Waals surface area contributed by atoms with Crippen LogP contribution >= 0.6 is 0 Å². The summed E-state index contributed by atoms with van der Waals surface area (Å²) in [6, 6.07) is 9.68. The van der Waals surface area contributed by atoms with Gasteiger partial charge in [0.15, 0.2) is 6.29 Å². The molecule has 0 aliphatic rings. The lowest BCUT2D eigenvalue weighted by Crippen LogP contribution is -2.36. The van der Waals surface area contributed by atoms with Crippen molar-refractivity contribution in [1.29, 1.82) is 0 Å². The number of carbonyl (C=O) groups is 5. The summed E-state index contributed by atoms with van der Waals surface area (Å²) in [6.07, 6.45) is 3.64. The molecule has 0 radical (unpaired) electrons. The lowest BCUT2D eigenvalue weighted by atomic mass is 10.1. The van der Waals surface area contributed by atoms with Crippen LogP contribution in [0.4, 0.5) is 11.4 Å². The first kappa shape index (κ1) is 40.5. The number of methoxy groups -OCH3 is 4. The highest BCUT2D eigenvalue weighted by Crippen LogP contribution is 2.36. The number of anilines is 2. The fourth-order valence-electron chi connectivity index (χ4n) is 4.49. The Balaban J connectivity index is 2.33. The highest BCUT2D eigenvalue weighted by atomic mass is 16.5. The molecule has 17 nitrogen and oxygen atoms in total. The molecule has 0 fully saturated rings. The van der Waals surface area contributed by atoms with E-state index >= 15 is 0 Å². The van der Waals surface area contributed by atoms with Crippen LogP contribution in [0.5, 0.6) is 17.2 Å². The Hall–Kier alpha value is -5.70. The van der Waals surface area contributed by atoms with Crippen molar-refractivity contribution in [3.05, 3.63) is 52.4 Å². The zero-order chi connectivity index (χ0) is 36.7. The lowest BCUT2D eigenvalue weighted by molar-refractivity contribution is -0.141. The van der Waals surface area contributed by atoms with Gasteiger partial charge < -0.3 is 43.0 Å². The Bertz CT molecular complexity index is 1450. The van der Waals surface area contributed by atoms with E-state index in [0.717, 1.165) is 19.3 Å². The molecule has 0 saturated carbocycles. The molecular formula is C33H43N5O12. The molecule has 2 rings (SSSR count). The van der Waals surface area contributed by atoms with Crippen LogP contribution < -0.4 is 24.0 Å². The maximum Gasteiger partial charge on any atom is 0.325 e. The van der Waals surface area contributed by atoms with Gasteiger partial charge in [-0.15, -0.1) is 0 Å². The third-order valence-corrected chi connectivity index (χ3v) is 7.03. The van der Waals surface area contributed by atoms with E-state index in [1.165, 1.54) is 50.4 Å². The number of ether oxygens (including phenoxy) is 7. The second-order valence-electron chi connectivity index (χ2n) is 10.4. The van der Waals surface area contributed by atoms with E-state index < -0.39 is 23.9 Å². The molecule has 0 bridgehead atoms. The highest BCUT2D eigenvalue weighted by molar-refractivity contribution is 5.87. The third kappa shape index (κ3) is 13.8. The predicted octanol–water partition coefficient (Wildman–Crippen LogP) is 3.51. The van der Waals surface area contributed by atoms with Gasteiger partial charge in [0.05, 0.1) is 52.0 Å². The second-order valence-corrected chi connectivity index (χ2v) is 10.4. The molecule has 50 heavy (non-hydrogen) atoms. The maximum atomic E-state index is 12.3. The molecule has 0 amide bonds. The standard InChI is InChI=1S/C33H43N5O12/c1-44-30(40)19-37(20-31(41)45-2)25-11-7-8-12-27(25)49-15-16-50-29-18-28(48-14-10-6-5-9-13-35-36-34)24(23-39)17-26(29)38(21-32(42)46-3)22-33(43)47-4/h7-8,11-12,17-18,23H,5-6,9-10,13-16,19-22H2,1-4H3. The first-order chi connectivity index (χ1) is 24.2.